The highest BCUT2D eigenvalue weighted by molar-refractivity contribution is 5.91. The summed E-state index contributed by atoms with van der Waals surface area (Å²) in [5.74, 6) is 0.900. The van der Waals surface area contributed by atoms with Gasteiger partial charge in [0.05, 0.1) is 5.52 Å². The van der Waals surface area contributed by atoms with Gasteiger partial charge in [0.2, 0.25) is 0 Å². The first-order valence-corrected chi connectivity index (χ1v) is 6.53. The predicted octanol–water partition coefficient (Wildman–Crippen LogP) is 1.06. The van der Waals surface area contributed by atoms with E-state index in [9.17, 15) is 0 Å². The number of anilines is 2. The maximum absolute atomic E-state index is 5.80. The second-order valence-corrected chi connectivity index (χ2v) is 4.93. The Kier molecular flexibility index (Phi) is 3.42. The summed E-state index contributed by atoms with van der Waals surface area (Å²) < 4.78 is 10.9. The molecule has 0 saturated carbocycles. The number of nitrogen functional groups attached to an aromatic ring is 1. The summed E-state index contributed by atoms with van der Waals surface area (Å²) in [7, 11) is 3.41. The maximum Gasteiger partial charge on any atom is 0.140 e. The van der Waals surface area contributed by atoms with Crippen molar-refractivity contribution in [2.24, 2.45) is 0 Å². The van der Waals surface area contributed by atoms with Crippen molar-refractivity contribution in [1.29, 1.82) is 0 Å². The highest BCUT2D eigenvalue weighted by atomic mass is 16.5. The summed E-state index contributed by atoms with van der Waals surface area (Å²) in [5.41, 5.74) is 7.35. The average molecular weight is 274 g/mol. The summed E-state index contributed by atoms with van der Waals surface area (Å²) in [6.07, 6.45) is 1.68. The molecule has 1 fully saturated rings. The molecule has 0 radical (unpaired) electrons. The fraction of sp³-hybridized carbons (Fsp3) is 0.429. The van der Waals surface area contributed by atoms with Gasteiger partial charge in [-0.25, -0.2) is 9.97 Å². The molecule has 1 aliphatic rings. The minimum Gasteiger partial charge on any atom is -0.399 e. The molecule has 2 N–H and O–H groups in total. The van der Waals surface area contributed by atoms with Crippen molar-refractivity contribution < 1.29 is 9.47 Å². The maximum atomic E-state index is 5.80. The normalized spacial score (nSPS) is 22.6. The lowest BCUT2D eigenvalue weighted by atomic mass is 10.2. The highest BCUT2D eigenvalue weighted by Crippen LogP contribution is 2.28. The van der Waals surface area contributed by atoms with Gasteiger partial charge in [-0.05, 0) is 18.2 Å². The van der Waals surface area contributed by atoms with Crippen LogP contribution in [0, 0.1) is 0 Å². The molecule has 1 aromatic heterocycles. The standard InChI is InChI=1S/C14H18N4O2/c1-19-12-6-18(7-13(12)20-2)14-10-4-3-9(15)5-11(10)16-8-17-14/h3-5,8,12-13H,6-7,15H2,1-2H3. The van der Waals surface area contributed by atoms with E-state index < -0.39 is 0 Å². The SMILES string of the molecule is COC1CN(c2ncnc3cc(N)ccc23)CC1OC. The van der Waals surface area contributed by atoms with Crippen molar-refractivity contribution in [3.8, 4) is 0 Å². The number of hydrogen-bond donors (Lipinski definition) is 1. The van der Waals surface area contributed by atoms with E-state index in [0.717, 1.165) is 29.8 Å². The molecule has 0 spiro atoms. The van der Waals surface area contributed by atoms with Crippen LogP contribution in [0.1, 0.15) is 0 Å². The van der Waals surface area contributed by atoms with Crippen LogP contribution in [0.15, 0.2) is 24.5 Å². The van der Waals surface area contributed by atoms with E-state index >= 15 is 0 Å². The number of aromatic nitrogens is 2. The Hall–Kier alpha value is -1.92. The average Bonchev–Trinajstić information content (AvgIpc) is 2.89. The third-order valence-corrected chi connectivity index (χ3v) is 3.76. The molecule has 0 aliphatic carbocycles. The van der Waals surface area contributed by atoms with E-state index in [0.29, 0.717) is 5.69 Å². The second-order valence-electron chi connectivity index (χ2n) is 4.93. The van der Waals surface area contributed by atoms with Gasteiger partial charge in [-0.1, -0.05) is 0 Å². The third kappa shape index (κ3) is 2.17. The van der Waals surface area contributed by atoms with Crippen LogP contribution in [0.3, 0.4) is 0 Å². The van der Waals surface area contributed by atoms with Gasteiger partial charge in [-0.3, -0.25) is 0 Å². The number of fused-ring (bicyclic) bond motifs is 1. The van der Waals surface area contributed by atoms with Crippen LogP contribution in [0.25, 0.3) is 10.9 Å². The van der Waals surface area contributed by atoms with Gasteiger partial charge in [0.25, 0.3) is 0 Å². The molecule has 6 heteroatoms. The minimum atomic E-state index is 0.0544. The highest BCUT2D eigenvalue weighted by Gasteiger charge is 2.34. The summed E-state index contributed by atoms with van der Waals surface area (Å²) in [6.45, 7) is 1.51. The number of rotatable bonds is 3. The van der Waals surface area contributed by atoms with Crippen LogP contribution < -0.4 is 10.6 Å². The van der Waals surface area contributed by atoms with E-state index in [-0.39, 0.29) is 12.2 Å². The Bertz CT molecular complexity index is 607. The predicted molar refractivity (Wildman–Crippen MR) is 77.8 cm³/mol. The van der Waals surface area contributed by atoms with E-state index in [1.165, 1.54) is 0 Å². The Morgan fingerprint density at radius 1 is 1.15 bits per heavy atom. The first-order chi connectivity index (χ1) is 9.72. The van der Waals surface area contributed by atoms with Crippen LogP contribution in [0.5, 0.6) is 0 Å². The summed E-state index contributed by atoms with van der Waals surface area (Å²) >= 11 is 0. The van der Waals surface area contributed by atoms with E-state index in [2.05, 4.69) is 14.9 Å². The van der Waals surface area contributed by atoms with Crippen LogP contribution in [-0.2, 0) is 9.47 Å². The van der Waals surface area contributed by atoms with Gasteiger partial charge in [0.1, 0.15) is 24.4 Å². The Labute approximate surface area is 117 Å². The molecular weight excluding hydrogens is 256 g/mol. The molecule has 106 valence electrons. The van der Waals surface area contributed by atoms with Crippen LogP contribution in [-0.4, -0.2) is 49.5 Å². The van der Waals surface area contributed by atoms with Gasteiger partial charge in [-0.15, -0.1) is 0 Å². The number of ether oxygens (including phenoxy) is 2. The molecule has 0 bridgehead atoms. The first kappa shape index (κ1) is 13.1. The lowest BCUT2D eigenvalue weighted by Gasteiger charge is -2.18. The molecule has 6 nitrogen and oxygen atoms in total. The number of nitrogens with zero attached hydrogens (tertiary/aromatic N) is 3. The van der Waals surface area contributed by atoms with E-state index in [1.807, 2.05) is 18.2 Å². The lowest BCUT2D eigenvalue weighted by Crippen LogP contribution is -2.27. The van der Waals surface area contributed by atoms with Crippen molar-refractivity contribution in [3.05, 3.63) is 24.5 Å². The van der Waals surface area contributed by atoms with Gasteiger partial charge >= 0.3 is 0 Å². The Balaban J connectivity index is 1.99. The molecule has 2 unspecified atom stereocenters. The fourth-order valence-electron chi connectivity index (χ4n) is 2.68. The van der Waals surface area contributed by atoms with Gasteiger partial charge in [0.15, 0.2) is 0 Å². The number of hydrogen-bond acceptors (Lipinski definition) is 6. The molecule has 1 aliphatic heterocycles. The van der Waals surface area contributed by atoms with Gasteiger partial charge in [0, 0.05) is 38.4 Å². The van der Waals surface area contributed by atoms with Gasteiger partial charge in [-0.2, -0.15) is 0 Å². The minimum absolute atomic E-state index is 0.0544. The van der Waals surface area contributed by atoms with Crippen LogP contribution in [0.4, 0.5) is 11.5 Å². The van der Waals surface area contributed by atoms with Crippen LogP contribution in [0.2, 0.25) is 0 Å². The quantitative estimate of drug-likeness (QED) is 0.844. The topological polar surface area (TPSA) is 73.5 Å². The second kappa shape index (κ2) is 5.22. The summed E-state index contributed by atoms with van der Waals surface area (Å²) in [5, 5.41) is 0.994. The van der Waals surface area contributed by atoms with Crippen molar-refractivity contribution in [1.82, 2.24) is 9.97 Å². The Morgan fingerprint density at radius 2 is 1.85 bits per heavy atom. The largest absolute Gasteiger partial charge is 0.399 e. The van der Waals surface area contributed by atoms with Crippen molar-refractivity contribution in [2.75, 3.05) is 37.9 Å². The monoisotopic (exact) mass is 274 g/mol. The van der Waals surface area contributed by atoms with Crippen molar-refractivity contribution in [3.63, 3.8) is 0 Å². The molecule has 2 heterocycles. The fourth-order valence-corrected chi connectivity index (χ4v) is 2.68. The molecule has 0 amide bonds. The Morgan fingerprint density at radius 3 is 2.50 bits per heavy atom. The molecule has 2 atom stereocenters. The lowest BCUT2D eigenvalue weighted by molar-refractivity contribution is -0.00461. The molecule has 1 aromatic carbocycles. The zero-order chi connectivity index (χ0) is 14.1. The molecule has 2 aromatic rings. The smallest absolute Gasteiger partial charge is 0.140 e. The van der Waals surface area contributed by atoms with Crippen molar-refractivity contribution >= 4 is 22.4 Å². The molecule has 1 saturated heterocycles. The zero-order valence-electron chi connectivity index (χ0n) is 11.6. The number of methoxy groups -OCH3 is 2. The third-order valence-electron chi connectivity index (χ3n) is 3.76. The first-order valence-electron chi connectivity index (χ1n) is 6.53. The van der Waals surface area contributed by atoms with Crippen LogP contribution >= 0.6 is 0 Å². The van der Waals surface area contributed by atoms with Crippen molar-refractivity contribution in [2.45, 2.75) is 12.2 Å². The molecule has 20 heavy (non-hydrogen) atoms. The van der Waals surface area contributed by atoms with E-state index in [1.54, 1.807) is 20.5 Å². The molecular formula is C14H18N4O2. The van der Waals surface area contributed by atoms with E-state index in [4.69, 9.17) is 15.2 Å². The summed E-state index contributed by atoms with van der Waals surface area (Å²) in [4.78, 5) is 10.9. The summed E-state index contributed by atoms with van der Waals surface area (Å²) in [6, 6.07) is 5.69. The zero-order valence-corrected chi connectivity index (χ0v) is 11.6. The van der Waals surface area contributed by atoms with Gasteiger partial charge < -0.3 is 20.1 Å². The number of benzene rings is 1. The number of nitrogens with two attached hydrogens (primary N) is 1. The molecule has 3 rings (SSSR count).